The third kappa shape index (κ3) is 3.37. The molecule has 7 nitrogen and oxygen atoms in total. The second-order valence-electron chi connectivity index (χ2n) is 8.02. The Labute approximate surface area is 184 Å². The highest BCUT2D eigenvalue weighted by Crippen LogP contribution is 2.40. The average Bonchev–Trinajstić information content (AvgIpc) is 2.78. The van der Waals surface area contributed by atoms with Gasteiger partial charge in [0, 0.05) is 30.9 Å². The number of carbonyl (C=O) groups excluding carboxylic acids is 2. The number of urea groups is 1. The molecule has 4 heterocycles. The maximum atomic E-state index is 14.2. The molecule has 1 aromatic carbocycles. The molecule has 8 heteroatoms. The van der Waals surface area contributed by atoms with E-state index in [2.05, 4.69) is 15.3 Å². The summed E-state index contributed by atoms with van der Waals surface area (Å²) >= 11 is 0. The zero-order valence-electron chi connectivity index (χ0n) is 17.7. The van der Waals surface area contributed by atoms with Crippen LogP contribution in [0.15, 0.2) is 42.7 Å². The van der Waals surface area contributed by atoms with Crippen molar-refractivity contribution in [1.29, 1.82) is 0 Å². The van der Waals surface area contributed by atoms with Crippen molar-refractivity contribution in [2.24, 2.45) is 0 Å². The van der Waals surface area contributed by atoms with Crippen molar-refractivity contribution in [2.75, 3.05) is 10.2 Å². The van der Waals surface area contributed by atoms with Gasteiger partial charge in [-0.1, -0.05) is 6.07 Å². The number of amides is 2. The molecule has 2 amide bonds. The normalized spacial score (nSPS) is 17.2. The van der Waals surface area contributed by atoms with Gasteiger partial charge in [0.15, 0.2) is 5.78 Å². The van der Waals surface area contributed by atoms with E-state index in [0.717, 1.165) is 11.1 Å². The standard InChI is InChI=1S/C24H21FN4O3/c1-13-10-15-5-6-20(23-17(25)4-3-8-26-23)32-21(15)11-19(13)29-12-16-18(28-24(29)31)7-9-27-22(16)14(2)30/h3-4,7-11,20H,5-6,12H2,1-2H3,(H,28,31). The Morgan fingerprint density at radius 1 is 1.25 bits per heavy atom. The molecule has 1 N–H and O–H groups in total. The van der Waals surface area contributed by atoms with Gasteiger partial charge in [-0.15, -0.1) is 0 Å². The minimum Gasteiger partial charge on any atom is -0.484 e. The first-order valence-electron chi connectivity index (χ1n) is 10.4. The van der Waals surface area contributed by atoms with Gasteiger partial charge < -0.3 is 10.1 Å². The number of aromatic nitrogens is 2. The fraction of sp³-hybridized carbons (Fsp3) is 0.250. The molecule has 2 aromatic heterocycles. The smallest absolute Gasteiger partial charge is 0.326 e. The van der Waals surface area contributed by atoms with Crippen LogP contribution in [0.4, 0.5) is 20.6 Å². The molecule has 0 aliphatic carbocycles. The van der Waals surface area contributed by atoms with Crippen molar-refractivity contribution in [3.05, 3.63) is 76.6 Å². The highest BCUT2D eigenvalue weighted by molar-refractivity contribution is 6.07. The lowest BCUT2D eigenvalue weighted by Gasteiger charge is -2.33. The zero-order chi connectivity index (χ0) is 22.4. The largest absolute Gasteiger partial charge is 0.484 e. The van der Waals surface area contributed by atoms with Gasteiger partial charge >= 0.3 is 6.03 Å². The van der Waals surface area contributed by atoms with Crippen LogP contribution in [-0.4, -0.2) is 21.8 Å². The van der Waals surface area contributed by atoms with Crippen LogP contribution in [0.5, 0.6) is 5.75 Å². The van der Waals surface area contributed by atoms with Crippen LogP contribution in [0, 0.1) is 12.7 Å². The summed E-state index contributed by atoms with van der Waals surface area (Å²) in [4.78, 5) is 34.9. The monoisotopic (exact) mass is 432 g/mol. The molecule has 0 saturated carbocycles. The molecular weight excluding hydrogens is 411 g/mol. The van der Waals surface area contributed by atoms with E-state index in [9.17, 15) is 14.0 Å². The Hall–Kier alpha value is -3.81. The Morgan fingerprint density at radius 3 is 2.88 bits per heavy atom. The van der Waals surface area contributed by atoms with Crippen LogP contribution in [0.2, 0.25) is 0 Å². The number of pyridine rings is 2. The number of ether oxygens (including phenoxy) is 1. The molecule has 0 saturated heterocycles. The van der Waals surface area contributed by atoms with Gasteiger partial charge in [0.2, 0.25) is 0 Å². The van der Waals surface area contributed by atoms with Crippen molar-refractivity contribution in [3.8, 4) is 5.75 Å². The first-order chi connectivity index (χ1) is 15.4. The number of Topliss-reactive ketones (excluding diaryl/α,β-unsaturated/α-hetero) is 1. The van der Waals surface area contributed by atoms with Gasteiger partial charge in [0.25, 0.3) is 0 Å². The number of anilines is 2. The maximum Gasteiger partial charge on any atom is 0.326 e. The fourth-order valence-corrected chi connectivity index (χ4v) is 4.34. The molecule has 0 radical (unpaired) electrons. The van der Waals surface area contributed by atoms with Crippen molar-refractivity contribution in [3.63, 3.8) is 0 Å². The zero-order valence-corrected chi connectivity index (χ0v) is 17.7. The van der Waals surface area contributed by atoms with Crippen molar-refractivity contribution >= 4 is 23.2 Å². The third-order valence-electron chi connectivity index (χ3n) is 5.90. The maximum absolute atomic E-state index is 14.2. The number of benzene rings is 1. The molecule has 162 valence electrons. The Balaban J connectivity index is 1.51. The second-order valence-corrected chi connectivity index (χ2v) is 8.02. The van der Waals surface area contributed by atoms with Crippen LogP contribution < -0.4 is 15.0 Å². The lowest BCUT2D eigenvalue weighted by Crippen LogP contribution is -2.40. The molecule has 1 unspecified atom stereocenters. The first kappa shape index (κ1) is 20.1. The number of rotatable bonds is 3. The van der Waals surface area contributed by atoms with Crippen LogP contribution >= 0.6 is 0 Å². The summed E-state index contributed by atoms with van der Waals surface area (Å²) in [7, 11) is 0. The Bertz CT molecular complexity index is 1260. The molecule has 3 aromatic rings. The summed E-state index contributed by atoms with van der Waals surface area (Å²) in [5.41, 5.74) is 4.44. The van der Waals surface area contributed by atoms with E-state index < -0.39 is 11.9 Å². The van der Waals surface area contributed by atoms with Gasteiger partial charge in [-0.05, 0) is 49.1 Å². The van der Waals surface area contributed by atoms with Crippen LogP contribution in [0.3, 0.4) is 0 Å². The minimum atomic E-state index is -0.497. The number of hydrogen-bond donors (Lipinski definition) is 1. The van der Waals surface area contributed by atoms with Crippen molar-refractivity contribution in [2.45, 2.75) is 39.3 Å². The molecule has 0 bridgehead atoms. The predicted octanol–water partition coefficient (Wildman–Crippen LogP) is 4.75. The van der Waals surface area contributed by atoms with E-state index in [0.29, 0.717) is 41.2 Å². The summed E-state index contributed by atoms with van der Waals surface area (Å²) in [5.74, 6) is 0.0386. The summed E-state index contributed by atoms with van der Waals surface area (Å²) in [5, 5.41) is 2.85. The SMILES string of the molecule is CC(=O)c1nccc2c1CN(c1cc3c(cc1C)CCC(c1ncccc1F)O3)C(=O)N2. The number of halogens is 1. The minimum absolute atomic E-state index is 0.163. The van der Waals surface area contributed by atoms with Crippen LogP contribution in [0.25, 0.3) is 0 Å². The lowest BCUT2D eigenvalue weighted by molar-refractivity contribution is 0.101. The molecule has 32 heavy (non-hydrogen) atoms. The molecule has 2 aliphatic heterocycles. The van der Waals surface area contributed by atoms with Crippen molar-refractivity contribution in [1.82, 2.24) is 9.97 Å². The van der Waals surface area contributed by atoms with E-state index in [4.69, 9.17) is 4.74 Å². The highest BCUT2D eigenvalue weighted by atomic mass is 19.1. The van der Waals surface area contributed by atoms with Gasteiger partial charge in [-0.25, -0.2) is 9.18 Å². The third-order valence-corrected chi connectivity index (χ3v) is 5.90. The summed E-state index contributed by atoms with van der Waals surface area (Å²) in [6.07, 6.45) is 3.90. The quantitative estimate of drug-likeness (QED) is 0.604. The molecule has 1 atom stereocenters. The van der Waals surface area contributed by atoms with E-state index in [-0.39, 0.29) is 24.1 Å². The van der Waals surface area contributed by atoms with Crippen molar-refractivity contribution < 1.29 is 18.7 Å². The highest BCUT2D eigenvalue weighted by Gasteiger charge is 2.31. The Morgan fingerprint density at radius 2 is 2.09 bits per heavy atom. The number of hydrogen-bond acceptors (Lipinski definition) is 5. The number of ketones is 1. The number of nitrogens with zero attached hydrogens (tertiary/aromatic N) is 3. The molecule has 5 rings (SSSR count). The summed E-state index contributed by atoms with van der Waals surface area (Å²) in [6, 6.07) is 8.11. The summed E-state index contributed by atoms with van der Waals surface area (Å²) in [6.45, 7) is 3.60. The molecule has 0 spiro atoms. The van der Waals surface area contributed by atoms with Gasteiger partial charge in [-0.2, -0.15) is 0 Å². The topological polar surface area (TPSA) is 84.4 Å². The van der Waals surface area contributed by atoms with Gasteiger partial charge in [-0.3, -0.25) is 19.7 Å². The molecule has 0 fully saturated rings. The Kier molecular flexibility index (Phi) is 4.84. The molecule has 2 aliphatic rings. The first-order valence-corrected chi connectivity index (χ1v) is 10.4. The summed E-state index contributed by atoms with van der Waals surface area (Å²) < 4.78 is 20.4. The number of carbonyl (C=O) groups is 2. The van der Waals surface area contributed by atoms with Gasteiger partial charge in [0.1, 0.15) is 29.1 Å². The predicted molar refractivity (Wildman–Crippen MR) is 117 cm³/mol. The number of aryl methyl sites for hydroxylation is 2. The average molecular weight is 432 g/mol. The van der Waals surface area contributed by atoms with E-state index in [1.807, 2.05) is 19.1 Å². The van der Waals surface area contributed by atoms with E-state index in [1.165, 1.54) is 19.2 Å². The number of fused-ring (bicyclic) bond motifs is 2. The van der Waals surface area contributed by atoms with E-state index >= 15 is 0 Å². The van der Waals surface area contributed by atoms with Crippen LogP contribution in [-0.2, 0) is 13.0 Å². The van der Waals surface area contributed by atoms with Gasteiger partial charge in [0.05, 0.1) is 17.9 Å². The van der Waals surface area contributed by atoms with E-state index in [1.54, 1.807) is 23.2 Å². The second kappa shape index (κ2) is 7.71. The number of nitrogens with one attached hydrogen (secondary N) is 1. The lowest BCUT2D eigenvalue weighted by atomic mass is 9.96. The fourth-order valence-electron chi connectivity index (χ4n) is 4.34. The van der Waals surface area contributed by atoms with Crippen LogP contribution in [0.1, 0.15) is 52.3 Å². The molecular formula is C24H21FN4O3.